The summed E-state index contributed by atoms with van der Waals surface area (Å²) in [6.07, 6.45) is 2.03. The minimum Gasteiger partial charge on any atom is -0.462 e. The lowest BCUT2D eigenvalue weighted by atomic mass is 9.95. The number of fused-ring (bicyclic) bond motifs is 1. The molecule has 1 amide bonds. The van der Waals surface area contributed by atoms with E-state index >= 15 is 0 Å². The molecular weight excluding hydrogens is 326 g/mol. The van der Waals surface area contributed by atoms with Gasteiger partial charge in [-0.2, -0.15) is 0 Å². The van der Waals surface area contributed by atoms with Crippen LogP contribution in [-0.4, -0.2) is 24.8 Å². The van der Waals surface area contributed by atoms with Crippen LogP contribution in [0.1, 0.15) is 47.5 Å². The first kappa shape index (κ1) is 16.7. The highest BCUT2D eigenvalue weighted by Gasteiger charge is 2.30. The van der Waals surface area contributed by atoms with Gasteiger partial charge in [-0.1, -0.05) is 18.5 Å². The van der Waals surface area contributed by atoms with Gasteiger partial charge in [-0.25, -0.2) is 4.79 Å². The molecule has 5 nitrogen and oxygen atoms in total. The van der Waals surface area contributed by atoms with Crippen molar-refractivity contribution in [2.45, 2.75) is 33.1 Å². The van der Waals surface area contributed by atoms with Crippen molar-refractivity contribution in [3.63, 3.8) is 0 Å². The number of halogens is 1. The summed E-state index contributed by atoms with van der Waals surface area (Å²) in [4.78, 5) is 35.6. The lowest BCUT2D eigenvalue weighted by Gasteiger charge is -2.13. The van der Waals surface area contributed by atoms with Crippen LogP contribution in [0.25, 0.3) is 5.03 Å². The summed E-state index contributed by atoms with van der Waals surface area (Å²) in [6.45, 7) is 3.69. The van der Waals surface area contributed by atoms with Crippen molar-refractivity contribution in [3.8, 4) is 0 Å². The fourth-order valence-corrected chi connectivity index (χ4v) is 3.82. The largest absolute Gasteiger partial charge is 0.462 e. The van der Waals surface area contributed by atoms with Gasteiger partial charge in [-0.15, -0.1) is 11.3 Å². The molecule has 2 rings (SSSR count). The smallest absolute Gasteiger partial charge is 0.341 e. The van der Waals surface area contributed by atoms with E-state index in [2.05, 4.69) is 5.32 Å². The molecule has 0 atom stereocenters. The maximum absolute atomic E-state index is 12.2. The minimum absolute atomic E-state index is 0.195. The van der Waals surface area contributed by atoms with Crippen LogP contribution in [0, 0.1) is 0 Å². The van der Waals surface area contributed by atoms with E-state index < -0.39 is 5.97 Å². The zero-order valence-corrected chi connectivity index (χ0v) is 13.9. The number of hydrogen-bond donors (Lipinski definition) is 1. The van der Waals surface area contributed by atoms with Gasteiger partial charge in [0.05, 0.1) is 22.1 Å². The zero-order chi connectivity index (χ0) is 16.3. The Balaban J connectivity index is 2.55. The Labute approximate surface area is 137 Å². The lowest BCUT2D eigenvalue weighted by molar-refractivity contribution is -0.115. The van der Waals surface area contributed by atoms with Crippen molar-refractivity contribution in [1.29, 1.82) is 0 Å². The number of amides is 1. The molecule has 1 aliphatic rings. The molecule has 0 unspecified atom stereocenters. The van der Waals surface area contributed by atoms with Gasteiger partial charge in [0.2, 0.25) is 5.91 Å². The van der Waals surface area contributed by atoms with E-state index in [-0.39, 0.29) is 12.5 Å². The maximum atomic E-state index is 12.2. The number of carbonyl (C=O) groups is 3. The molecule has 0 aliphatic heterocycles. The van der Waals surface area contributed by atoms with Gasteiger partial charge in [0.15, 0.2) is 0 Å². The first-order valence-electron chi connectivity index (χ1n) is 7.00. The van der Waals surface area contributed by atoms with Crippen LogP contribution in [0.15, 0.2) is 5.57 Å². The number of hydrogen-bond acceptors (Lipinski definition) is 5. The molecule has 1 aromatic rings. The van der Waals surface area contributed by atoms with Gasteiger partial charge >= 0.3 is 5.97 Å². The number of carbonyl (C=O) groups excluding carboxylic acids is 3. The third kappa shape index (κ3) is 3.08. The number of nitrogens with one attached hydrogen (secondary N) is 1. The van der Waals surface area contributed by atoms with Crippen LogP contribution in [0.3, 0.4) is 0 Å². The predicted molar refractivity (Wildman–Crippen MR) is 86.4 cm³/mol. The molecule has 0 fully saturated rings. The van der Waals surface area contributed by atoms with Crippen LogP contribution < -0.4 is 5.32 Å². The monoisotopic (exact) mass is 341 g/mol. The molecule has 0 aromatic carbocycles. The standard InChI is InChI=1S/C15H16ClNO4S/c1-3-10(19)17-14-11(15(20)21-4-2)9-6-5-8(7-18)12(16)13(9)22-14/h7H,3-6H2,1-2H3,(H,17,19). The van der Waals surface area contributed by atoms with E-state index in [0.717, 1.165) is 11.8 Å². The highest BCUT2D eigenvalue weighted by atomic mass is 35.5. The molecular formula is C15H16ClNO4S. The van der Waals surface area contributed by atoms with Crippen molar-refractivity contribution < 1.29 is 19.1 Å². The van der Waals surface area contributed by atoms with Crippen LogP contribution in [-0.2, 0) is 20.7 Å². The molecule has 1 aromatic heterocycles. The number of rotatable bonds is 5. The van der Waals surface area contributed by atoms with Crippen molar-refractivity contribution in [1.82, 2.24) is 0 Å². The Kier molecular flexibility index (Phi) is 5.37. The number of esters is 1. The SMILES string of the molecule is CCOC(=O)c1c(NC(=O)CC)sc2c1CCC(C=O)=C2Cl. The first-order valence-corrected chi connectivity index (χ1v) is 8.19. The van der Waals surface area contributed by atoms with Crippen molar-refractivity contribution >= 4 is 51.1 Å². The Morgan fingerprint density at radius 1 is 1.36 bits per heavy atom. The van der Waals surface area contributed by atoms with Crippen molar-refractivity contribution in [3.05, 3.63) is 21.6 Å². The Morgan fingerprint density at radius 3 is 2.68 bits per heavy atom. The van der Waals surface area contributed by atoms with Gasteiger partial charge in [-0.3, -0.25) is 9.59 Å². The fraction of sp³-hybridized carbons (Fsp3) is 0.400. The third-order valence-electron chi connectivity index (χ3n) is 3.33. The molecule has 118 valence electrons. The lowest BCUT2D eigenvalue weighted by Crippen LogP contribution is -2.14. The molecule has 0 bridgehead atoms. The van der Waals surface area contributed by atoms with Crippen LogP contribution in [0.5, 0.6) is 0 Å². The van der Waals surface area contributed by atoms with Gasteiger partial charge in [0.25, 0.3) is 0 Å². The van der Waals surface area contributed by atoms with Crippen molar-refractivity contribution in [2.75, 3.05) is 11.9 Å². The van der Waals surface area contributed by atoms with E-state index in [1.54, 1.807) is 13.8 Å². The number of thiophene rings is 1. The second-order valence-electron chi connectivity index (χ2n) is 4.69. The summed E-state index contributed by atoms with van der Waals surface area (Å²) in [5, 5.41) is 3.50. The predicted octanol–water partition coefficient (Wildman–Crippen LogP) is 3.37. The molecule has 22 heavy (non-hydrogen) atoms. The van der Waals surface area contributed by atoms with Gasteiger partial charge in [0, 0.05) is 12.0 Å². The van der Waals surface area contributed by atoms with E-state index in [1.165, 1.54) is 11.3 Å². The molecule has 7 heteroatoms. The normalized spacial score (nSPS) is 13.6. The highest BCUT2D eigenvalue weighted by Crippen LogP contribution is 2.44. The van der Waals surface area contributed by atoms with Crippen LogP contribution >= 0.6 is 22.9 Å². The van der Waals surface area contributed by atoms with Crippen LogP contribution in [0.2, 0.25) is 0 Å². The topological polar surface area (TPSA) is 72.5 Å². The number of aldehydes is 1. The molecule has 0 saturated heterocycles. The second-order valence-corrected chi connectivity index (χ2v) is 6.09. The number of allylic oxidation sites excluding steroid dienone is 1. The van der Waals surface area contributed by atoms with E-state index in [4.69, 9.17) is 16.3 Å². The summed E-state index contributed by atoms with van der Waals surface area (Å²) in [5.74, 6) is -0.676. The molecule has 0 saturated carbocycles. The molecule has 1 N–H and O–H groups in total. The molecule has 0 spiro atoms. The summed E-state index contributed by atoms with van der Waals surface area (Å²) < 4.78 is 5.08. The van der Waals surface area contributed by atoms with Gasteiger partial charge < -0.3 is 10.1 Å². The fourth-order valence-electron chi connectivity index (χ4n) is 2.23. The van der Waals surface area contributed by atoms with E-state index in [0.29, 0.717) is 45.3 Å². The zero-order valence-electron chi connectivity index (χ0n) is 12.3. The Morgan fingerprint density at radius 2 is 2.09 bits per heavy atom. The molecule has 1 aliphatic carbocycles. The summed E-state index contributed by atoms with van der Waals surface area (Å²) >= 11 is 7.45. The third-order valence-corrected chi connectivity index (χ3v) is 5.04. The summed E-state index contributed by atoms with van der Waals surface area (Å²) in [6, 6.07) is 0. The quantitative estimate of drug-likeness (QED) is 0.658. The van der Waals surface area contributed by atoms with Gasteiger partial charge in [0.1, 0.15) is 11.3 Å². The van der Waals surface area contributed by atoms with Crippen molar-refractivity contribution in [2.24, 2.45) is 0 Å². The Hall–Kier alpha value is -1.66. The maximum Gasteiger partial charge on any atom is 0.341 e. The minimum atomic E-state index is -0.481. The first-order chi connectivity index (χ1) is 10.5. The average Bonchev–Trinajstić information content (AvgIpc) is 2.86. The summed E-state index contributed by atoms with van der Waals surface area (Å²) in [5.41, 5.74) is 1.61. The van der Waals surface area contributed by atoms with Crippen LogP contribution in [0.4, 0.5) is 5.00 Å². The van der Waals surface area contributed by atoms with E-state index in [1.807, 2.05) is 0 Å². The second kappa shape index (κ2) is 7.07. The highest BCUT2D eigenvalue weighted by molar-refractivity contribution is 7.18. The average molecular weight is 342 g/mol. The number of ether oxygens (including phenoxy) is 1. The van der Waals surface area contributed by atoms with E-state index in [9.17, 15) is 14.4 Å². The summed E-state index contributed by atoms with van der Waals surface area (Å²) in [7, 11) is 0. The number of anilines is 1. The Bertz CT molecular complexity index is 663. The molecule has 0 radical (unpaired) electrons. The molecule has 1 heterocycles. The van der Waals surface area contributed by atoms with Gasteiger partial charge in [-0.05, 0) is 25.3 Å².